The lowest BCUT2D eigenvalue weighted by atomic mass is 9.98. The van der Waals surface area contributed by atoms with Crippen LogP contribution in [-0.4, -0.2) is 41.5 Å². The molecule has 1 heterocycles. The van der Waals surface area contributed by atoms with Crippen LogP contribution in [0.25, 0.3) is 0 Å². The number of hydrogen-bond donors (Lipinski definition) is 2. The number of benzene rings is 1. The first-order valence-electron chi connectivity index (χ1n) is 8.34. The van der Waals surface area contributed by atoms with Gasteiger partial charge >= 0.3 is 11.8 Å². The van der Waals surface area contributed by atoms with Crippen molar-refractivity contribution < 1.29 is 14.7 Å². The molecular formula is C18H26N2O3. The van der Waals surface area contributed by atoms with Gasteiger partial charge < -0.3 is 15.3 Å². The van der Waals surface area contributed by atoms with Crippen LogP contribution in [0.1, 0.15) is 43.9 Å². The molecule has 23 heavy (non-hydrogen) atoms. The summed E-state index contributed by atoms with van der Waals surface area (Å²) in [4.78, 5) is 25.9. The van der Waals surface area contributed by atoms with Crippen LogP contribution < -0.4 is 5.32 Å². The highest BCUT2D eigenvalue weighted by molar-refractivity contribution is 6.35. The van der Waals surface area contributed by atoms with Gasteiger partial charge in [-0.1, -0.05) is 31.2 Å². The quantitative estimate of drug-likeness (QED) is 0.830. The van der Waals surface area contributed by atoms with Gasteiger partial charge in [0.1, 0.15) is 0 Å². The SMILES string of the molecule is CCc1ccc(C(C)NC(=O)C(=O)N2CCC(CO)CC2)cc1. The predicted octanol–water partition coefficient (Wildman–Crippen LogP) is 1.66. The number of carbonyl (C=O) groups excluding carboxylic acids is 2. The van der Waals surface area contributed by atoms with E-state index in [2.05, 4.69) is 12.2 Å². The minimum Gasteiger partial charge on any atom is -0.396 e. The van der Waals surface area contributed by atoms with Crippen molar-refractivity contribution in [3.63, 3.8) is 0 Å². The zero-order valence-corrected chi connectivity index (χ0v) is 13.9. The number of nitrogens with zero attached hydrogens (tertiary/aromatic N) is 1. The average molecular weight is 318 g/mol. The molecule has 0 bridgehead atoms. The van der Waals surface area contributed by atoms with Gasteiger partial charge in [-0.2, -0.15) is 0 Å². The molecule has 0 aromatic heterocycles. The molecule has 0 spiro atoms. The molecule has 2 rings (SSSR count). The average Bonchev–Trinajstić information content (AvgIpc) is 2.61. The van der Waals surface area contributed by atoms with E-state index >= 15 is 0 Å². The first-order valence-corrected chi connectivity index (χ1v) is 8.34. The third-order valence-electron chi connectivity index (χ3n) is 4.59. The largest absolute Gasteiger partial charge is 0.396 e. The molecule has 126 valence electrons. The Labute approximate surface area is 137 Å². The van der Waals surface area contributed by atoms with Gasteiger partial charge in [0, 0.05) is 19.7 Å². The minimum atomic E-state index is -0.556. The lowest BCUT2D eigenvalue weighted by Crippen LogP contribution is -2.47. The van der Waals surface area contributed by atoms with Gasteiger partial charge in [-0.25, -0.2) is 0 Å². The standard InChI is InChI=1S/C18H26N2O3/c1-3-14-4-6-16(7-5-14)13(2)19-17(22)18(23)20-10-8-15(12-21)9-11-20/h4-7,13,15,21H,3,8-12H2,1-2H3,(H,19,22). The maximum Gasteiger partial charge on any atom is 0.311 e. The summed E-state index contributed by atoms with van der Waals surface area (Å²) in [6.07, 6.45) is 2.48. The second-order valence-corrected chi connectivity index (χ2v) is 6.21. The maximum atomic E-state index is 12.2. The highest BCUT2D eigenvalue weighted by Crippen LogP contribution is 2.17. The molecule has 5 heteroatoms. The number of hydrogen-bond acceptors (Lipinski definition) is 3. The number of aryl methyl sites for hydroxylation is 1. The van der Waals surface area contributed by atoms with Crippen molar-refractivity contribution >= 4 is 11.8 Å². The normalized spacial score (nSPS) is 16.9. The molecule has 2 amide bonds. The molecule has 1 atom stereocenters. The molecule has 5 nitrogen and oxygen atoms in total. The molecular weight excluding hydrogens is 292 g/mol. The number of nitrogens with one attached hydrogen (secondary N) is 1. The fourth-order valence-corrected chi connectivity index (χ4v) is 2.85. The van der Waals surface area contributed by atoms with E-state index in [1.165, 1.54) is 5.56 Å². The summed E-state index contributed by atoms with van der Waals surface area (Å²) in [5, 5.41) is 11.9. The topological polar surface area (TPSA) is 69.6 Å². The van der Waals surface area contributed by atoms with E-state index in [9.17, 15) is 9.59 Å². The minimum absolute atomic E-state index is 0.152. The maximum absolute atomic E-state index is 12.2. The highest BCUT2D eigenvalue weighted by atomic mass is 16.3. The zero-order valence-electron chi connectivity index (χ0n) is 13.9. The van der Waals surface area contributed by atoms with E-state index in [1.54, 1.807) is 4.90 Å². The Kier molecular flexibility index (Phi) is 6.16. The number of rotatable bonds is 4. The van der Waals surface area contributed by atoms with Crippen molar-refractivity contribution in [2.75, 3.05) is 19.7 Å². The monoisotopic (exact) mass is 318 g/mol. The third kappa shape index (κ3) is 4.55. The molecule has 1 aliphatic rings. The summed E-state index contributed by atoms with van der Waals surface area (Å²) < 4.78 is 0. The molecule has 0 aliphatic carbocycles. The van der Waals surface area contributed by atoms with Crippen molar-refractivity contribution in [2.24, 2.45) is 5.92 Å². The van der Waals surface area contributed by atoms with Crippen molar-refractivity contribution in [1.82, 2.24) is 10.2 Å². The van der Waals surface area contributed by atoms with Gasteiger partial charge in [0.05, 0.1) is 6.04 Å². The first-order chi connectivity index (χ1) is 11.0. The van der Waals surface area contributed by atoms with Crippen molar-refractivity contribution in [1.29, 1.82) is 0 Å². The Morgan fingerprint density at radius 2 is 1.87 bits per heavy atom. The van der Waals surface area contributed by atoms with E-state index in [1.807, 2.05) is 31.2 Å². The van der Waals surface area contributed by atoms with Crippen LogP contribution in [0.15, 0.2) is 24.3 Å². The molecule has 1 aliphatic heterocycles. The third-order valence-corrected chi connectivity index (χ3v) is 4.59. The van der Waals surface area contributed by atoms with E-state index in [4.69, 9.17) is 5.11 Å². The molecule has 1 aromatic rings. The summed E-state index contributed by atoms with van der Waals surface area (Å²) in [5.74, 6) is -0.781. The van der Waals surface area contributed by atoms with E-state index < -0.39 is 11.8 Å². The van der Waals surface area contributed by atoms with Gasteiger partial charge in [-0.3, -0.25) is 9.59 Å². The lowest BCUT2D eigenvalue weighted by molar-refractivity contribution is -0.147. The van der Waals surface area contributed by atoms with Crippen LogP contribution in [0.5, 0.6) is 0 Å². The van der Waals surface area contributed by atoms with Crippen LogP contribution in [-0.2, 0) is 16.0 Å². The molecule has 1 unspecified atom stereocenters. The summed E-state index contributed by atoms with van der Waals surface area (Å²) >= 11 is 0. The van der Waals surface area contributed by atoms with E-state index in [0.29, 0.717) is 13.1 Å². The van der Waals surface area contributed by atoms with Gasteiger partial charge in [-0.15, -0.1) is 0 Å². The Morgan fingerprint density at radius 1 is 1.26 bits per heavy atom. The summed E-state index contributed by atoms with van der Waals surface area (Å²) in [5.41, 5.74) is 2.23. The van der Waals surface area contributed by atoms with Crippen molar-refractivity contribution in [3.05, 3.63) is 35.4 Å². The molecule has 1 fully saturated rings. The summed E-state index contributed by atoms with van der Waals surface area (Å²) in [6.45, 7) is 5.20. The zero-order chi connectivity index (χ0) is 16.8. The Balaban J connectivity index is 1.88. The van der Waals surface area contributed by atoms with Crippen LogP contribution in [0.4, 0.5) is 0 Å². The van der Waals surface area contributed by atoms with Gasteiger partial charge in [0.2, 0.25) is 0 Å². The number of likely N-dealkylation sites (tertiary alicyclic amines) is 1. The van der Waals surface area contributed by atoms with Crippen LogP contribution in [0, 0.1) is 5.92 Å². The molecule has 0 radical (unpaired) electrons. The Bertz CT molecular complexity index is 534. The number of amides is 2. The summed E-state index contributed by atoms with van der Waals surface area (Å²) in [6, 6.07) is 7.85. The van der Waals surface area contributed by atoms with Gasteiger partial charge in [0.25, 0.3) is 0 Å². The smallest absolute Gasteiger partial charge is 0.311 e. The molecule has 1 saturated heterocycles. The second kappa shape index (κ2) is 8.11. The van der Waals surface area contributed by atoms with Crippen molar-refractivity contribution in [2.45, 2.75) is 39.2 Å². The number of aliphatic hydroxyl groups excluding tert-OH is 1. The number of aliphatic hydroxyl groups is 1. The van der Waals surface area contributed by atoms with Gasteiger partial charge in [-0.05, 0) is 43.2 Å². The fraction of sp³-hybridized carbons (Fsp3) is 0.556. The number of carbonyl (C=O) groups is 2. The molecule has 2 N–H and O–H groups in total. The fourth-order valence-electron chi connectivity index (χ4n) is 2.85. The highest BCUT2D eigenvalue weighted by Gasteiger charge is 2.27. The summed E-state index contributed by atoms with van der Waals surface area (Å²) in [7, 11) is 0. The van der Waals surface area contributed by atoms with Crippen LogP contribution in [0.3, 0.4) is 0 Å². The molecule has 1 aromatic carbocycles. The lowest BCUT2D eigenvalue weighted by Gasteiger charge is -2.30. The van der Waals surface area contributed by atoms with Crippen LogP contribution >= 0.6 is 0 Å². The Hall–Kier alpha value is -1.88. The second-order valence-electron chi connectivity index (χ2n) is 6.21. The van der Waals surface area contributed by atoms with E-state index in [0.717, 1.165) is 24.8 Å². The van der Waals surface area contributed by atoms with Crippen LogP contribution in [0.2, 0.25) is 0 Å². The number of piperidine rings is 1. The van der Waals surface area contributed by atoms with Crippen molar-refractivity contribution in [3.8, 4) is 0 Å². The van der Waals surface area contributed by atoms with E-state index in [-0.39, 0.29) is 18.6 Å². The van der Waals surface area contributed by atoms with Gasteiger partial charge in [0.15, 0.2) is 0 Å². The predicted molar refractivity (Wildman–Crippen MR) is 88.8 cm³/mol. The molecule has 0 saturated carbocycles. The Morgan fingerprint density at radius 3 is 2.39 bits per heavy atom. The first kappa shape index (κ1) is 17.5.